The highest BCUT2D eigenvalue weighted by Crippen LogP contribution is 2.30. The molecule has 1 aliphatic rings. The lowest BCUT2D eigenvalue weighted by Gasteiger charge is -2.08. The molecule has 0 bridgehead atoms. The molecule has 1 aromatic heterocycles. The Labute approximate surface area is 162 Å². The van der Waals surface area contributed by atoms with Crippen molar-refractivity contribution in [2.24, 2.45) is 5.92 Å². The fraction of sp³-hybridized carbons (Fsp3) is 0.333. The summed E-state index contributed by atoms with van der Waals surface area (Å²) in [4.78, 5) is 24.7. The van der Waals surface area contributed by atoms with E-state index in [1.165, 1.54) is 14.1 Å². The Morgan fingerprint density at radius 2 is 1.78 bits per heavy atom. The van der Waals surface area contributed by atoms with Crippen molar-refractivity contribution in [3.05, 3.63) is 46.8 Å². The summed E-state index contributed by atoms with van der Waals surface area (Å²) in [7, 11) is -0.500. The van der Waals surface area contributed by atoms with Crippen LogP contribution in [0.25, 0.3) is 0 Å². The number of sulfonamides is 1. The third kappa shape index (κ3) is 4.74. The molecule has 1 aliphatic carbocycles. The molecule has 1 fully saturated rings. The van der Waals surface area contributed by atoms with Gasteiger partial charge in [-0.3, -0.25) is 9.59 Å². The summed E-state index contributed by atoms with van der Waals surface area (Å²) in [6.07, 6.45) is 1.87. The van der Waals surface area contributed by atoms with Gasteiger partial charge >= 0.3 is 0 Å². The maximum atomic E-state index is 12.3. The van der Waals surface area contributed by atoms with Crippen LogP contribution in [0.3, 0.4) is 0 Å². The summed E-state index contributed by atoms with van der Waals surface area (Å²) in [6.45, 7) is 0.243. The molecule has 2 amide bonds. The zero-order valence-electron chi connectivity index (χ0n) is 15.1. The van der Waals surface area contributed by atoms with Gasteiger partial charge in [0.1, 0.15) is 4.21 Å². The fourth-order valence-electron chi connectivity index (χ4n) is 2.34. The van der Waals surface area contributed by atoms with E-state index in [-0.39, 0.29) is 28.5 Å². The van der Waals surface area contributed by atoms with Crippen LogP contribution in [-0.4, -0.2) is 38.6 Å². The van der Waals surface area contributed by atoms with E-state index in [0.717, 1.165) is 33.4 Å². The van der Waals surface area contributed by atoms with E-state index >= 15 is 0 Å². The smallest absolute Gasteiger partial charge is 0.252 e. The standard InChI is InChI=1S/C18H21N3O4S2/c1-21(2)27(24,25)16-10-9-15(26-16)11-19-17(22)12-5-7-14(8-6-12)20-18(23)13-3-4-13/h5-10,13H,3-4,11H2,1-2H3,(H,19,22)(H,20,23). The van der Waals surface area contributed by atoms with Crippen LogP contribution < -0.4 is 10.6 Å². The Balaban J connectivity index is 1.56. The maximum Gasteiger partial charge on any atom is 0.252 e. The predicted molar refractivity (Wildman–Crippen MR) is 104 cm³/mol. The fourth-order valence-corrected chi connectivity index (χ4v) is 4.80. The van der Waals surface area contributed by atoms with Crippen LogP contribution in [-0.2, 0) is 21.4 Å². The average molecular weight is 408 g/mol. The second-order valence-electron chi connectivity index (χ2n) is 6.53. The molecule has 0 unspecified atom stereocenters. The van der Waals surface area contributed by atoms with Gasteiger partial charge in [-0.1, -0.05) is 0 Å². The summed E-state index contributed by atoms with van der Waals surface area (Å²) >= 11 is 1.13. The molecular formula is C18H21N3O4S2. The van der Waals surface area contributed by atoms with Crippen molar-refractivity contribution in [1.29, 1.82) is 0 Å². The van der Waals surface area contributed by atoms with Crippen molar-refractivity contribution in [3.8, 4) is 0 Å². The van der Waals surface area contributed by atoms with Crippen LogP contribution >= 0.6 is 11.3 Å². The predicted octanol–water partition coefficient (Wildman–Crippen LogP) is 2.28. The maximum absolute atomic E-state index is 12.3. The molecule has 3 rings (SSSR count). The Morgan fingerprint density at radius 3 is 2.37 bits per heavy atom. The third-order valence-corrected chi connectivity index (χ3v) is 7.53. The first-order chi connectivity index (χ1) is 12.8. The molecule has 2 N–H and O–H groups in total. The number of thiophene rings is 1. The summed E-state index contributed by atoms with van der Waals surface area (Å²) in [5.41, 5.74) is 1.14. The minimum absolute atomic E-state index is 0.0216. The molecule has 2 aromatic rings. The molecule has 0 saturated heterocycles. The average Bonchev–Trinajstić information content (AvgIpc) is 3.38. The van der Waals surface area contributed by atoms with Crippen LogP contribution in [0.2, 0.25) is 0 Å². The van der Waals surface area contributed by atoms with E-state index in [1.54, 1.807) is 36.4 Å². The molecule has 1 aromatic carbocycles. The molecular weight excluding hydrogens is 386 g/mol. The molecule has 7 nitrogen and oxygen atoms in total. The first-order valence-corrected chi connectivity index (χ1v) is 10.7. The minimum atomic E-state index is -3.46. The molecule has 1 heterocycles. The number of hydrogen-bond donors (Lipinski definition) is 2. The quantitative estimate of drug-likeness (QED) is 0.736. The number of amides is 2. The lowest BCUT2D eigenvalue weighted by molar-refractivity contribution is -0.117. The van der Waals surface area contributed by atoms with Gasteiger partial charge in [0.05, 0.1) is 6.54 Å². The number of nitrogens with zero attached hydrogens (tertiary/aromatic N) is 1. The van der Waals surface area contributed by atoms with Gasteiger partial charge in [0.15, 0.2) is 0 Å². The number of hydrogen-bond acceptors (Lipinski definition) is 5. The van der Waals surface area contributed by atoms with Crippen LogP contribution in [0.1, 0.15) is 28.1 Å². The molecule has 0 atom stereocenters. The van der Waals surface area contributed by atoms with Crippen LogP contribution in [0.15, 0.2) is 40.6 Å². The molecule has 27 heavy (non-hydrogen) atoms. The van der Waals surface area contributed by atoms with Gasteiger partial charge < -0.3 is 10.6 Å². The number of benzene rings is 1. The third-order valence-electron chi connectivity index (χ3n) is 4.16. The Hall–Kier alpha value is -2.23. The van der Waals surface area contributed by atoms with Crippen molar-refractivity contribution in [2.45, 2.75) is 23.6 Å². The van der Waals surface area contributed by atoms with E-state index in [1.807, 2.05) is 0 Å². The van der Waals surface area contributed by atoms with Crippen LogP contribution in [0, 0.1) is 5.92 Å². The SMILES string of the molecule is CN(C)S(=O)(=O)c1ccc(CNC(=O)c2ccc(NC(=O)C3CC3)cc2)s1. The van der Waals surface area contributed by atoms with Gasteiger partial charge in [0, 0.05) is 36.1 Å². The Kier molecular flexibility index (Phi) is 5.64. The van der Waals surface area contributed by atoms with E-state index in [2.05, 4.69) is 10.6 Å². The second kappa shape index (κ2) is 7.79. The van der Waals surface area contributed by atoms with Crippen molar-refractivity contribution in [3.63, 3.8) is 0 Å². The minimum Gasteiger partial charge on any atom is -0.347 e. The second-order valence-corrected chi connectivity index (χ2v) is 10.1. The number of rotatable bonds is 7. The molecule has 9 heteroatoms. The molecule has 144 valence electrons. The monoisotopic (exact) mass is 407 g/mol. The van der Waals surface area contributed by atoms with Gasteiger partial charge in [0.2, 0.25) is 5.91 Å². The Bertz CT molecular complexity index is 945. The molecule has 0 spiro atoms. The van der Waals surface area contributed by atoms with Gasteiger partial charge in [-0.25, -0.2) is 12.7 Å². The summed E-state index contributed by atoms with van der Waals surface area (Å²) < 4.78 is 25.6. The molecule has 1 saturated carbocycles. The zero-order valence-corrected chi connectivity index (χ0v) is 16.7. The lowest BCUT2D eigenvalue weighted by Crippen LogP contribution is -2.22. The number of nitrogens with one attached hydrogen (secondary N) is 2. The first kappa shape index (κ1) is 19.5. The molecule has 0 aliphatic heterocycles. The highest BCUT2D eigenvalue weighted by molar-refractivity contribution is 7.91. The van der Waals surface area contributed by atoms with Gasteiger partial charge in [0.25, 0.3) is 15.9 Å². The topological polar surface area (TPSA) is 95.6 Å². The molecule has 0 radical (unpaired) electrons. The summed E-state index contributed by atoms with van der Waals surface area (Å²) in [5.74, 6) is -0.117. The normalized spacial score (nSPS) is 14.2. The largest absolute Gasteiger partial charge is 0.347 e. The van der Waals surface area contributed by atoms with Gasteiger partial charge in [-0.15, -0.1) is 11.3 Å². The lowest BCUT2D eigenvalue weighted by atomic mass is 10.2. The van der Waals surface area contributed by atoms with Crippen molar-refractivity contribution >= 4 is 38.9 Å². The van der Waals surface area contributed by atoms with E-state index in [4.69, 9.17) is 0 Å². The van der Waals surface area contributed by atoms with Gasteiger partial charge in [-0.05, 0) is 49.2 Å². The number of carbonyl (C=O) groups is 2. The summed E-state index contributed by atoms with van der Waals surface area (Å²) in [6, 6.07) is 9.92. The van der Waals surface area contributed by atoms with E-state index < -0.39 is 10.0 Å². The highest BCUT2D eigenvalue weighted by atomic mass is 32.2. The van der Waals surface area contributed by atoms with E-state index in [9.17, 15) is 18.0 Å². The Morgan fingerprint density at radius 1 is 1.11 bits per heavy atom. The van der Waals surface area contributed by atoms with Gasteiger partial charge in [-0.2, -0.15) is 0 Å². The number of anilines is 1. The van der Waals surface area contributed by atoms with E-state index in [0.29, 0.717) is 11.3 Å². The zero-order chi connectivity index (χ0) is 19.6. The van der Waals surface area contributed by atoms with Crippen LogP contribution in [0.4, 0.5) is 5.69 Å². The first-order valence-electron chi connectivity index (χ1n) is 8.48. The van der Waals surface area contributed by atoms with Crippen molar-refractivity contribution in [1.82, 2.24) is 9.62 Å². The summed E-state index contributed by atoms with van der Waals surface area (Å²) in [5, 5.41) is 5.60. The number of carbonyl (C=O) groups excluding carboxylic acids is 2. The van der Waals surface area contributed by atoms with Crippen LogP contribution in [0.5, 0.6) is 0 Å². The van der Waals surface area contributed by atoms with Crippen molar-refractivity contribution in [2.75, 3.05) is 19.4 Å². The highest BCUT2D eigenvalue weighted by Gasteiger charge is 2.29. The van der Waals surface area contributed by atoms with Crippen molar-refractivity contribution < 1.29 is 18.0 Å².